The van der Waals surface area contributed by atoms with Gasteiger partial charge in [-0.3, -0.25) is 9.36 Å². The summed E-state index contributed by atoms with van der Waals surface area (Å²) in [6, 6.07) is 23.0. The second-order valence-electron chi connectivity index (χ2n) is 8.06. The number of methoxy groups -OCH3 is 3. The van der Waals surface area contributed by atoms with Crippen LogP contribution >= 0.6 is 15.9 Å². The molecule has 0 saturated carbocycles. The molecule has 180 valence electrons. The van der Waals surface area contributed by atoms with E-state index in [1.807, 2.05) is 72.8 Å². The summed E-state index contributed by atoms with van der Waals surface area (Å²) in [6.45, 7) is 0. The number of hydrogen-bond acceptors (Lipinski definition) is 5. The number of aromatic nitrogens is 2. The second kappa shape index (κ2) is 9.87. The molecule has 36 heavy (non-hydrogen) atoms. The van der Waals surface area contributed by atoms with Gasteiger partial charge in [0.05, 0.1) is 37.9 Å². The second-order valence-corrected chi connectivity index (χ2v) is 8.92. The van der Waals surface area contributed by atoms with Crippen LogP contribution in [0.2, 0.25) is 0 Å². The van der Waals surface area contributed by atoms with Crippen LogP contribution in [-0.4, -0.2) is 30.9 Å². The summed E-state index contributed by atoms with van der Waals surface area (Å²) in [4.78, 5) is 18.8. The van der Waals surface area contributed by atoms with Crippen molar-refractivity contribution in [2.75, 3.05) is 21.3 Å². The Kier molecular flexibility index (Phi) is 6.48. The minimum absolute atomic E-state index is 0.156. The molecule has 6 nitrogen and oxygen atoms in total. The number of hydrogen-bond donors (Lipinski definition) is 0. The van der Waals surface area contributed by atoms with Crippen molar-refractivity contribution < 1.29 is 14.2 Å². The average molecular weight is 543 g/mol. The first-order chi connectivity index (χ1) is 17.5. The first-order valence-electron chi connectivity index (χ1n) is 11.2. The zero-order chi connectivity index (χ0) is 25.2. The van der Waals surface area contributed by atoms with Crippen LogP contribution < -0.4 is 19.8 Å². The van der Waals surface area contributed by atoms with Crippen molar-refractivity contribution in [1.82, 2.24) is 9.55 Å². The molecule has 0 N–H and O–H groups in total. The SMILES string of the molecule is COc1cc(OC)c(OC)cc1/C=C/c1nc2cc3ccccc3cc2c(=O)n1-c1ccccc1Br. The van der Waals surface area contributed by atoms with Gasteiger partial charge in [0.15, 0.2) is 11.5 Å². The van der Waals surface area contributed by atoms with E-state index < -0.39 is 0 Å². The summed E-state index contributed by atoms with van der Waals surface area (Å²) in [5.74, 6) is 2.21. The molecule has 0 atom stereocenters. The molecular formula is C29H23BrN2O4. The van der Waals surface area contributed by atoms with E-state index in [1.54, 1.807) is 38.0 Å². The van der Waals surface area contributed by atoms with Crippen LogP contribution in [0.15, 0.2) is 82.1 Å². The van der Waals surface area contributed by atoms with Gasteiger partial charge in [0.1, 0.15) is 11.6 Å². The van der Waals surface area contributed by atoms with Gasteiger partial charge in [0.2, 0.25) is 0 Å². The number of nitrogens with zero attached hydrogens (tertiary/aromatic N) is 2. The van der Waals surface area contributed by atoms with Crippen LogP contribution in [0.3, 0.4) is 0 Å². The molecule has 0 aliphatic carbocycles. The van der Waals surface area contributed by atoms with Crippen LogP contribution in [0.1, 0.15) is 11.4 Å². The number of benzene rings is 4. The van der Waals surface area contributed by atoms with Gasteiger partial charge in [-0.25, -0.2) is 4.98 Å². The fraction of sp³-hybridized carbons (Fsp3) is 0.103. The Morgan fingerprint density at radius 2 is 1.42 bits per heavy atom. The van der Waals surface area contributed by atoms with Crippen molar-refractivity contribution in [1.29, 1.82) is 0 Å². The Morgan fingerprint density at radius 3 is 2.11 bits per heavy atom. The van der Waals surface area contributed by atoms with Gasteiger partial charge in [0, 0.05) is 16.1 Å². The van der Waals surface area contributed by atoms with Crippen LogP contribution in [0.4, 0.5) is 0 Å². The van der Waals surface area contributed by atoms with E-state index >= 15 is 0 Å². The molecule has 0 amide bonds. The molecule has 0 aliphatic rings. The van der Waals surface area contributed by atoms with Crippen molar-refractivity contribution >= 4 is 49.8 Å². The molecule has 1 aromatic heterocycles. The Bertz CT molecular complexity index is 1690. The van der Waals surface area contributed by atoms with Gasteiger partial charge >= 0.3 is 0 Å². The first kappa shape index (κ1) is 23.6. The van der Waals surface area contributed by atoms with Crippen molar-refractivity contribution in [3.05, 3.63) is 99.0 Å². The maximum Gasteiger partial charge on any atom is 0.266 e. The molecule has 0 fully saturated rings. The third kappa shape index (κ3) is 4.22. The van der Waals surface area contributed by atoms with Crippen LogP contribution in [-0.2, 0) is 0 Å². The van der Waals surface area contributed by atoms with Gasteiger partial charge in [-0.15, -0.1) is 0 Å². The van der Waals surface area contributed by atoms with Gasteiger partial charge in [-0.2, -0.15) is 0 Å². The fourth-order valence-corrected chi connectivity index (χ4v) is 4.68. The van der Waals surface area contributed by atoms with Crippen LogP contribution in [0, 0.1) is 0 Å². The van der Waals surface area contributed by atoms with E-state index in [0.29, 0.717) is 39.7 Å². The molecule has 0 radical (unpaired) electrons. The van der Waals surface area contributed by atoms with Crippen molar-refractivity contribution in [2.45, 2.75) is 0 Å². The number of ether oxygens (including phenoxy) is 3. The lowest BCUT2D eigenvalue weighted by atomic mass is 10.1. The number of halogens is 1. The summed E-state index contributed by atoms with van der Waals surface area (Å²) in [5, 5.41) is 2.55. The van der Waals surface area contributed by atoms with E-state index in [4.69, 9.17) is 19.2 Å². The summed E-state index contributed by atoms with van der Waals surface area (Å²) < 4.78 is 18.8. The van der Waals surface area contributed by atoms with E-state index in [9.17, 15) is 4.79 Å². The highest BCUT2D eigenvalue weighted by molar-refractivity contribution is 9.10. The maximum absolute atomic E-state index is 13.9. The van der Waals surface area contributed by atoms with Crippen LogP contribution in [0.5, 0.6) is 17.2 Å². The van der Waals surface area contributed by atoms with Gasteiger partial charge in [-0.05, 0) is 69.2 Å². The minimum atomic E-state index is -0.156. The molecule has 0 bridgehead atoms. The largest absolute Gasteiger partial charge is 0.496 e. The molecule has 5 aromatic rings. The lowest BCUT2D eigenvalue weighted by Crippen LogP contribution is -2.22. The Labute approximate surface area is 216 Å². The highest BCUT2D eigenvalue weighted by Crippen LogP contribution is 2.35. The predicted molar refractivity (Wildman–Crippen MR) is 148 cm³/mol. The Balaban J connectivity index is 1.77. The van der Waals surface area contributed by atoms with Gasteiger partial charge in [-0.1, -0.05) is 36.4 Å². The molecule has 7 heteroatoms. The fourth-order valence-electron chi connectivity index (χ4n) is 4.22. The van der Waals surface area contributed by atoms with Crippen LogP contribution in [0.25, 0.3) is 39.5 Å². The van der Waals surface area contributed by atoms with E-state index in [0.717, 1.165) is 20.8 Å². The third-order valence-electron chi connectivity index (χ3n) is 6.00. The summed E-state index contributed by atoms with van der Waals surface area (Å²) in [6.07, 6.45) is 3.65. The van der Waals surface area contributed by atoms with E-state index in [1.165, 1.54) is 0 Å². The Hall–Kier alpha value is -4.10. The first-order valence-corrected chi connectivity index (χ1v) is 12.0. The zero-order valence-corrected chi connectivity index (χ0v) is 21.6. The monoisotopic (exact) mass is 542 g/mol. The molecule has 0 aliphatic heterocycles. The maximum atomic E-state index is 13.9. The zero-order valence-electron chi connectivity index (χ0n) is 20.0. The van der Waals surface area contributed by atoms with E-state index in [2.05, 4.69) is 15.9 Å². The molecule has 4 aromatic carbocycles. The van der Waals surface area contributed by atoms with Crippen molar-refractivity contribution in [2.24, 2.45) is 0 Å². The predicted octanol–water partition coefficient (Wildman–Crippen LogP) is 6.50. The molecule has 5 rings (SSSR count). The summed E-state index contributed by atoms with van der Waals surface area (Å²) in [5.41, 5.74) is 1.92. The molecular weight excluding hydrogens is 520 g/mol. The number of fused-ring (bicyclic) bond motifs is 2. The van der Waals surface area contributed by atoms with Crippen molar-refractivity contribution in [3.63, 3.8) is 0 Å². The molecule has 0 unspecified atom stereocenters. The van der Waals surface area contributed by atoms with Crippen molar-refractivity contribution in [3.8, 4) is 22.9 Å². The number of rotatable bonds is 6. The lowest BCUT2D eigenvalue weighted by molar-refractivity contribution is 0.348. The van der Waals surface area contributed by atoms with Gasteiger partial charge < -0.3 is 14.2 Å². The topological polar surface area (TPSA) is 62.6 Å². The third-order valence-corrected chi connectivity index (χ3v) is 6.67. The minimum Gasteiger partial charge on any atom is -0.496 e. The molecule has 0 saturated heterocycles. The quantitative estimate of drug-likeness (QED) is 0.229. The highest BCUT2D eigenvalue weighted by atomic mass is 79.9. The molecule has 1 heterocycles. The Morgan fingerprint density at radius 1 is 0.778 bits per heavy atom. The summed E-state index contributed by atoms with van der Waals surface area (Å²) in [7, 11) is 4.75. The molecule has 0 spiro atoms. The normalized spacial score (nSPS) is 11.3. The number of para-hydroxylation sites is 1. The van der Waals surface area contributed by atoms with E-state index in [-0.39, 0.29) is 5.56 Å². The lowest BCUT2D eigenvalue weighted by Gasteiger charge is -2.14. The average Bonchev–Trinajstić information content (AvgIpc) is 2.91. The highest BCUT2D eigenvalue weighted by Gasteiger charge is 2.15. The standard InChI is InChI=1S/C29H23BrN2O4/c1-34-25-17-27(36-3)26(35-2)16-20(25)12-13-28-31-23-15-19-9-5-4-8-18(19)14-21(23)29(33)32(28)24-11-7-6-10-22(24)30/h4-17H,1-3H3/b13-12+. The summed E-state index contributed by atoms with van der Waals surface area (Å²) >= 11 is 3.60. The smallest absolute Gasteiger partial charge is 0.266 e. The van der Waals surface area contributed by atoms with Gasteiger partial charge in [0.25, 0.3) is 5.56 Å².